The molecule has 0 aliphatic rings. The molecule has 6 heteroatoms. The van der Waals surface area contributed by atoms with Crippen molar-refractivity contribution in [2.24, 2.45) is 5.73 Å². The monoisotopic (exact) mass is 326 g/mol. The normalized spacial score (nSPS) is 12.9. The number of nitrogens with two attached hydrogens (primary N) is 1. The van der Waals surface area contributed by atoms with Gasteiger partial charge in [0, 0.05) is 23.0 Å². The second-order valence-electron chi connectivity index (χ2n) is 4.69. The van der Waals surface area contributed by atoms with E-state index >= 15 is 0 Å². The van der Waals surface area contributed by atoms with Gasteiger partial charge in [-0.15, -0.1) is 0 Å². The number of aromatic nitrogens is 3. The van der Waals surface area contributed by atoms with Crippen molar-refractivity contribution in [3.8, 4) is 0 Å². The van der Waals surface area contributed by atoms with Crippen molar-refractivity contribution in [1.82, 2.24) is 14.8 Å². The van der Waals surface area contributed by atoms with Gasteiger partial charge in [-0.3, -0.25) is 0 Å². The summed E-state index contributed by atoms with van der Waals surface area (Å²) in [4.78, 5) is 4.22. The predicted molar refractivity (Wildman–Crippen MR) is 75.1 cm³/mol. The fraction of sp³-hybridized carbons (Fsp3) is 0.385. The molecule has 0 aliphatic carbocycles. The third-order valence-electron chi connectivity index (χ3n) is 2.90. The summed E-state index contributed by atoms with van der Waals surface area (Å²) in [7, 11) is 0. The molecule has 2 rings (SSSR count). The maximum Gasteiger partial charge on any atom is 0.138 e. The Balaban J connectivity index is 2.23. The van der Waals surface area contributed by atoms with E-state index in [0.29, 0.717) is 6.42 Å². The van der Waals surface area contributed by atoms with Gasteiger partial charge in [0.1, 0.15) is 18.0 Å². The first-order chi connectivity index (χ1) is 8.99. The van der Waals surface area contributed by atoms with Crippen LogP contribution in [0.4, 0.5) is 4.39 Å². The molecule has 1 atom stereocenters. The van der Waals surface area contributed by atoms with Gasteiger partial charge in [-0.05, 0) is 37.6 Å². The molecule has 0 radical (unpaired) electrons. The molecule has 0 bridgehead atoms. The SMILES string of the molecule is CC(C)n1ncnc1CC(N)c1cc(F)ccc1Br. The van der Waals surface area contributed by atoms with Gasteiger partial charge in [-0.25, -0.2) is 14.1 Å². The summed E-state index contributed by atoms with van der Waals surface area (Å²) >= 11 is 3.39. The molecule has 0 fully saturated rings. The molecule has 1 unspecified atom stereocenters. The molecule has 0 amide bonds. The van der Waals surface area contributed by atoms with Gasteiger partial charge < -0.3 is 5.73 Å². The van der Waals surface area contributed by atoms with E-state index in [1.807, 2.05) is 18.5 Å². The first kappa shape index (κ1) is 14.1. The summed E-state index contributed by atoms with van der Waals surface area (Å²) in [6.07, 6.45) is 2.03. The standard InChI is InChI=1S/C13H16BrFN4/c1-8(2)19-13(17-7-18-19)6-12(16)10-5-9(15)3-4-11(10)14/h3-5,7-8,12H,6,16H2,1-2H3. The van der Waals surface area contributed by atoms with Crippen LogP contribution in [-0.2, 0) is 6.42 Å². The van der Waals surface area contributed by atoms with Crippen LogP contribution < -0.4 is 5.73 Å². The van der Waals surface area contributed by atoms with Crippen molar-refractivity contribution < 1.29 is 4.39 Å². The van der Waals surface area contributed by atoms with E-state index in [-0.39, 0.29) is 17.9 Å². The number of benzene rings is 1. The zero-order valence-electron chi connectivity index (χ0n) is 10.8. The Morgan fingerprint density at radius 1 is 1.42 bits per heavy atom. The lowest BCUT2D eigenvalue weighted by molar-refractivity contribution is 0.492. The number of nitrogens with zero attached hydrogens (tertiary/aromatic N) is 3. The van der Waals surface area contributed by atoms with Crippen LogP contribution in [0.1, 0.15) is 37.3 Å². The largest absolute Gasteiger partial charge is 0.324 e. The first-order valence-corrected chi connectivity index (χ1v) is 6.87. The molecule has 4 nitrogen and oxygen atoms in total. The molecule has 0 saturated carbocycles. The summed E-state index contributed by atoms with van der Waals surface area (Å²) in [5.41, 5.74) is 6.88. The lowest BCUT2D eigenvalue weighted by Gasteiger charge is -2.15. The van der Waals surface area contributed by atoms with E-state index in [0.717, 1.165) is 15.9 Å². The highest BCUT2D eigenvalue weighted by atomic mass is 79.9. The van der Waals surface area contributed by atoms with E-state index in [1.165, 1.54) is 18.5 Å². The van der Waals surface area contributed by atoms with Crippen LogP contribution in [0.2, 0.25) is 0 Å². The fourth-order valence-electron chi connectivity index (χ4n) is 1.96. The molecule has 1 aromatic heterocycles. The van der Waals surface area contributed by atoms with Crippen LogP contribution in [0.15, 0.2) is 29.0 Å². The van der Waals surface area contributed by atoms with E-state index in [9.17, 15) is 4.39 Å². The molecule has 2 N–H and O–H groups in total. The predicted octanol–water partition coefficient (Wildman–Crippen LogP) is 3.00. The lowest BCUT2D eigenvalue weighted by atomic mass is 10.0. The Morgan fingerprint density at radius 3 is 2.84 bits per heavy atom. The van der Waals surface area contributed by atoms with Crippen LogP contribution in [0, 0.1) is 5.82 Å². The van der Waals surface area contributed by atoms with Crippen molar-refractivity contribution in [1.29, 1.82) is 0 Å². The smallest absolute Gasteiger partial charge is 0.138 e. The van der Waals surface area contributed by atoms with Crippen LogP contribution in [0.5, 0.6) is 0 Å². The summed E-state index contributed by atoms with van der Waals surface area (Å²) in [5, 5.41) is 4.17. The van der Waals surface area contributed by atoms with Crippen LogP contribution in [0.25, 0.3) is 0 Å². The topological polar surface area (TPSA) is 56.7 Å². The van der Waals surface area contributed by atoms with Crippen molar-refractivity contribution in [2.75, 3.05) is 0 Å². The molecule has 19 heavy (non-hydrogen) atoms. The van der Waals surface area contributed by atoms with Gasteiger partial charge in [0.25, 0.3) is 0 Å². The van der Waals surface area contributed by atoms with Crippen molar-refractivity contribution in [3.63, 3.8) is 0 Å². The molecule has 1 heterocycles. The number of hydrogen-bond acceptors (Lipinski definition) is 3. The Labute approximate surface area is 120 Å². The number of hydrogen-bond donors (Lipinski definition) is 1. The van der Waals surface area contributed by atoms with Gasteiger partial charge in [0.2, 0.25) is 0 Å². The van der Waals surface area contributed by atoms with E-state index in [1.54, 1.807) is 6.07 Å². The molecular formula is C13H16BrFN4. The fourth-order valence-corrected chi connectivity index (χ4v) is 2.50. The maximum atomic E-state index is 13.3. The highest BCUT2D eigenvalue weighted by molar-refractivity contribution is 9.10. The quantitative estimate of drug-likeness (QED) is 0.939. The molecule has 1 aromatic carbocycles. The second-order valence-corrected chi connectivity index (χ2v) is 5.55. The molecule has 0 saturated heterocycles. The number of halogens is 2. The van der Waals surface area contributed by atoms with Gasteiger partial charge >= 0.3 is 0 Å². The minimum Gasteiger partial charge on any atom is -0.324 e. The molecule has 0 spiro atoms. The Bertz CT molecular complexity index is 568. The van der Waals surface area contributed by atoms with E-state index in [4.69, 9.17) is 5.73 Å². The minimum absolute atomic E-state index is 0.223. The average Bonchev–Trinajstić information content (AvgIpc) is 2.80. The highest BCUT2D eigenvalue weighted by Crippen LogP contribution is 2.25. The molecular weight excluding hydrogens is 311 g/mol. The second kappa shape index (κ2) is 5.79. The van der Waals surface area contributed by atoms with Crippen molar-refractivity contribution >= 4 is 15.9 Å². The summed E-state index contributed by atoms with van der Waals surface area (Å²) < 4.78 is 15.9. The van der Waals surface area contributed by atoms with Crippen LogP contribution in [0.3, 0.4) is 0 Å². The summed E-state index contributed by atoms with van der Waals surface area (Å²) in [6, 6.07) is 4.41. The van der Waals surface area contributed by atoms with Crippen LogP contribution in [-0.4, -0.2) is 14.8 Å². The van der Waals surface area contributed by atoms with E-state index in [2.05, 4.69) is 26.0 Å². The number of rotatable bonds is 4. The third kappa shape index (κ3) is 3.19. The van der Waals surface area contributed by atoms with Gasteiger partial charge in [-0.1, -0.05) is 15.9 Å². The Morgan fingerprint density at radius 2 is 2.16 bits per heavy atom. The zero-order valence-corrected chi connectivity index (χ0v) is 12.4. The summed E-state index contributed by atoms with van der Waals surface area (Å²) in [6.45, 7) is 4.06. The average molecular weight is 327 g/mol. The molecule has 0 aliphatic heterocycles. The van der Waals surface area contributed by atoms with Gasteiger partial charge in [0.15, 0.2) is 0 Å². The Hall–Kier alpha value is -1.27. The molecule has 2 aromatic rings. The van der Waals surface area contributed by atoms with E-state index < -0.39 is 0 Å². The zero-order chi connectivity index (χ0) is 14.0. The minimum atomic E-state index is -0.327. The third-order valence-corrected chi connectivity index (χ3v) is 3.62. The lowest BCUT2D eigenvalue weighted by Crippen LogP contribution is -2.18. The van der Waals surface area contributed by atoms with Crippen molar-refractivity contribution in [3.05, 3.63) is 46.2 Å². The first-order valence-electron chi connectivity index (χ1n) is 6.08. The van der Waals surface area contributed by atoms with Crippen molar-refractivity contribution in [2.45, 2.75) is 32.4 Å². The Kier molecular flexibility index (Phi) is 4.31. The highest BCUT2D eigenvalue weighted by Gasteiger charge is 2.16. The summed E-state index contributed by atoms with van der Waals surface area (Å²) in [5.74, 6) is 0.512. The van der Waals surface area contributed by atoms with Gasteiger partial charge in [-0.2, -0.15) is 5.10 Å². The van der Waals surface area contributed by atoms with Gasteiger partial charge in [0.05, 0.1) is 0 Å². The molecule has 102 valence electrons. The maximum absolute atomic E-state index is 13.3. The van der Waals surface area contributed by atoms with Crippen LogP contribution >= 0.6 is 15.9 Å².